The third-order valence-corrected chi connectivity index (χ3v) is 4.87. The lowest BCUT2D eigenvalue weighted by Gasteiger charge is -2.28. The van der Waals surface area contributed by atoms with Crippen LogP contribution in [0.4, 0.5) is 5.82 Å². The van der Waals surface area contributed by atoms with Crippen LogP contribution in [0.3, 0.4) is 0 Å². The number of pyridine rings is 1. The summed E-state index contributed by atoms with van der Waals surface area (Å²) in [5.74, 6) is 0.542. The lowest BCUT2D eigenvalue weighted by atomic mass is 10.1. The Hall–Kier alpha value is -2.64. The highest BCUT2D eigenvalue weighted by Gasteiger charge is 2.23. The van der Waals surface area contributed by atoms with Crippen LogP contribution in [0, 0.1) is 0 Å². The van der Waals surface area contributed by atoms with Crippen molar-refractivity contribution in [3.05, 3.63) is 64.5 Å². The summed E-state index contributed by atoms with van der Waals surface area (Å²) in [5.41, 5.74) is 1.02. The van der Waals surface area contributed by atoms with Gasteiger partial charge in [0.15, 0.2) is 0 Å². The first-order chi connectivity index (χ1) is 13.5. The van der Waals surface area contributed by atoms with Crippen molar-refractivity contribution in [1.82, 2.24) is 24.9 Å². The van der Waals surface area contributed by atoms with Crippen LogP contribution >= 0.6 is 23.2 Å². The molecule has 0 radical (unpaired) electrons. The van der Waals surface area contributed by atoms with Gasteiger partial charge in [-0.3, -0.25) is 4.79 Å². The van der Waals surface area contributed by atoms with Crippen LogP contribution in [0.2, 0.25) is 10.0 Å². The Balaban J connectivity index is 1.78. The second-order valence-electron chi connectivity index (χ2n) is 6.20. The van der Waals surface area contributed by atoms with Crippen LogP contribution in [-0.4, -0.2) is 50.4 Å². The van der Waals surface area contributed by atoms with E-state index in [1.807, 2.05) is 6.92 Å². The number of amides is 1. The summed E-state index contributed by atoms with van der Waals surface area (Å²) >= 11 is 12.0. The van der Waals surface area contributed by atoms with Crippen molar-refractivity contribution in [1.29, 1.82) is 0 Å². The van der Waals surface area contributed by atoms with Crippen molar-refractivity contribution < 1.29 is 4.79 Å². The molecule has 9 heteroatoms. The number of carbonyl (C=O) groups excluding carboxylic acids is 1. The van der Waals surface area contributed by atoms with Crippen LogP contribution in [0.25, 0.3) is 5.69 Å². The van der Waals surface area contributed by atoms with Crippen LogP contribution < -0.4 is 5.32 Å². The van der Waals surface area contributed by atoms with E-state index in [0.29, 0.717) is 33.7 Å². The molecule has 0 fully saturated rings. The summed E-state index contributed by atoms with van der Waals surface area (Å²) in [4.78, 5) is 20.5. The first-order valence-electron chi connectivity index (χ1n) is 8.78. The monoisotopic (exact) mass is 418 g/mol. The summed E-state index contributed by atoms with van der Waals surface area (Å²) in [7, 11) is 1.77. The lowest BCUT2D eigenvalue weighted by molar-refractivity contribution is 0.0735. The number of carbonyl (C=O) groups is 1. The molecule has 0 aliphatic heterocycles. The van der Waals surface area contributed by atoms with Gasteiger partial charge >= 0.3 is 0 Å². The minimum absolute atomic E-state index is 0.0533. The van der Waals surface area contributed by atoms with Gasteiger partial charge < -0.3 is 10.2 Å². The van der Waals surface area contributed by atoms with Gasteiger partial charge in [-0.25, -0.2) is 4.98 Å². The average Bonchev–Trinajstić information content (AvgIpc) is 3.23. The third kappa shape index (κ3) is 4.61. The summed E-state index contributed by atoms with van der Waals surface area (Å²) in [6.07, 6.45) is 5.46. The number of likely N-dealkylation sites (N-methyl/N-ethyl adjacent to an activating group) is 1. The largest absolute Gasteiger partial charge is 0.368 e. The second-order valence-corrected chi connectivity index (χ2v) is 7.07. The molecule has 0 saturated heterocycles. The smallest absolute Gasteiger partial charge is 0.256 e. The highest BCUT2D eigenvalue weighted by molar-refractivity contribution is 6.31. The molecule has 1 aromatic carbocycles. The molecular weight excluding hydrogens is 399 g/mol. The Morgan fingerprint density at radius 3 is 2.54 bits per heavy atom. The Morgan fingerprint density at radius 2 is 1.89 bits per heavy atom. The Kier molecular flexibility index (Phi) is 6.49. The molecule has 0 aliphatic rings. The topological polar surface area (TPSA) is 75.9 Å². The SMILES string of the molecule is CC[C@@H](CNc1ccc(Cl)cn1)N(C)C(=O)c1cc(Cl)ccc1-n1nccn1. The number of rotatable bonds is 7. The van der Waals surface area contributed by atoms with E-state index >= 15 is 0 Å². The maximum absolute atomic E-state index is 13.2. The number of nitrogens with zero attached hydrogens (tertiary/aromatic N) is 5. The minimum Gasteiger partial charge on any atom is -0.368 e. The molecule has 1 amide bonds. The average molecular weight is 419 g/mol. The van der Waals surface area contributed by atoms with Crippen molar-refractivity contribution in [3.8, 4) is 5.69 Å². The lowest BCUT2D eigenvalue weighted by Crippen LogP contribution is -2.41. The Morgan fingerprint density at radius 1 is 1.18 bits per heavy atom. The molecule has 0 aliphatic carbocycles. The van der Waals surface area contributed by atoms with Crippen LogP contribution in [0.1, 0.15) is 23.7 Å². The molecule has 2 aromatic heterocycles. The van der Waals surface area contributed by atoms with Crippen LogP contribution in [-0.2, 0) is 0 Å². The predicted molar refractivity (Wildman–Crippen MR) is 110 cm³/mol. The first-order valence-corrected chi connectivity index (χ1v) is 9.54. The van der Waals surface area contributed by atoms with Gasteiger partial charge in [0.05, 0.1) is 28.7 Å². The van der Waals surface area contributed by atoms with Gasteiger partial charge in [0, 0.05) is 30.9 Å². The fraction of sp³-hybridized carbons (Fsp3) is 0.263. The van der Waals surface area contributed by atoms with Crippen molar-refractivity contribution in [2.75, 3.05) is 18.9 Å². The predicted octanol–water partition coefficient (Wildman–Crippen LogP) is 3.93. The number of hydrogen-bond acceptors (Lipinski definition) is 5. The van der Waals surface area contributed by atoms with E-state index in [1.54, 1.807) is 60.9 Å². The zero-order chi connectivity index (χ0) is 20.1. The summed E-state index contributed by atoms with van der Waals surface area (Å²) < 4.78 is 0. The highest BCUT2D eigenvalue weighted by Crippen LogP contribution is 2.21. The molecule has 146 valence electrons. The molecular formula is C19H20Cl2N6O. The standard InChI is InChI=1S/C19H20Cl2N6O/c1-3-15(12-23-18-7-5-14(21)11-22-18)26(2)19(28)16-10-13(20)4-6-17(16)27-24-8-9-25-27/h4-11,15H,3,12H2,1-2H3,(H,22,23)/t15-/m0/s1. The Bertz CT molecular complexity index is 930. The molecule has 2 heterocycles. The molecule has 7 nitrogen and oxygen atoms in total. The molecule has 3 rings (SSSR count). The van der Waals surface area contributed by atoms with E-state index in [0.717, 1.165) is 6.42 Å². The summed E-state index contributed by atoms with van der Waals surface area (Å²) in [6.45, 7) is 2.57. The van der Waals surface area contributed by atoms with Gasteiger partial charge in [-0.05, 0) is 36.8 Å². The van der Waals surface area contributed by atoms with Crippen molar-refractivity contribution >= 4 is 34.9 Å². The quantitative estimate of drug-likeness (QED) is 0.628. The van der Waals surface area contributed by atoms with Gasteiger partial charge in [-0.15, -0.1) is 0 Å². The minimum atomic E-state index is -0.160. The van der Waals surface area contributed by atoms with E-state index in [4.69, 9.17) is 23.2 Å². The number of benzene rings is 1. The number of hydrogen-bond donors (Lipinski definition) is 1. The summed E-state index contributed by atoms with van der Waals surface area (Å²) in [5, 5.41) is 12.5. The van der Waals surface area contributed by atoms with Crippen molar-refractivity contribution in [3.63, 3.8) is 0 Å². The molecule has 0 spiro atoms. The molecule has 0 bridgehead atoms. The van der Waals surface area contributed by atoms with E-state index in [9.17, 15) is 4.79 Å². The third-order valence-electron chi connectivity index (χ3n) is 4.41. The van der Waals surface area contributed by atoms with Crippen LogP contribution in [0.5, 0.6) is 0 Å². The van der Waals surface area contributed by atoms with E-state index in [-0.39, 0.29) is 11.9 Å². The molecule has 3 aromatic rings. The number of anilines is 1. The van der Waals surface area contributed by atoms with Gasteiger partial charge in [-0.1, -0.05) is 30.1 Å². The summed E-state index contributed by atoms with van der Waals surface area (Å²) in [6, 6.07) is 8.60. The second kappa shape index (κ2) is 9.03. The van der Waals surface area contributed by atoms with E-state index in [1.165, 1.54) is 4.80 Å². The van der Waals surface area contributed by atoms with Gasteiger partial charge in [0.25, 0.3) is 5.91 Å². The zero-order valence-corrected chi connectivity index (χ0v) is 17.0. The van der Waals surface area contributed by atoms with E-state index in [2.05, 4.69) is 20.5 Å². The molecule has 0 saturated carbocycles. The molecule has 1 atom stereocenters. The first kappa shape index (κ1) is 20.1. The fourth-order valence-electron chi connectivity index (χ4n) is 2.81. The Labute approximate surface area is 173 Å². The maximum atomic E-state index is 13.2. The van der Waals surface area contributed by atoms with Gasteiger partial charge in [-0.2, -0.15) is 15.0 Å². The van der Waals surface area contributed by atoms with E-state index < -0.39 is 0 Å². The zero-order valence-electron chi connectivity index (χ0n) is 15.5. The molecule has 1 N–H and O–H groups in total. The number of halogens is 2. The van der Waals surface area contributed by atoms with Crippen molar-refractivity contribution in [2.45, 2.75) is 19.4 Å². The fourth-order valence-corrected chi connectivity index (χ4v) is 3.09. The molecule has 28 heavy (non-hydrogen) atoms. The van der Waals surface area contributed by atoms with Gasteiger partial charge in [0.2, 0.25) is 0 Å². The number of aromatic nitrogens is 4. The van der Waals surface area contributed by atoms with Crippen molar-refractivity contribution in [2.24, 2.45) is 0 Å². The van der Waals surface area contributed by atoms with Crippen LogP contribution in [0.15, 0.2) is 48.9 Å². The maximum Gasteiger partial charge on any atom is 0.256 e. The normalized spacial score (nSPS) is 11.9. The van der Waals surface area contributed by atoms with Gasteiger partial charge in [0.1, 0.15) is 5.82 Å². The molecule has 0 unspecified atom stereocenters. The number of nitrogens with one attached hydrogen (secondary N) is 1. The highest BCUT2D eigenvalue weighted by atomic mass is 35.5.